The normalized spacial score (nSPS) is 11.0. The number of carboxylic acids is 1. The number of fused-ring (bicyclic) bond motifs is 2. The molecular weight excluding hydrogens is 809 g/mol. The number of rotatable bonds is 10. The number of nitrogens with zero attached hydrogens (tertiary/aromatic N) is 8. The Morgan fingerprint density at radius 3 is 1.46 bits per heavy atom. The SMILES string of the molecule is COC(=O)c1nc(-c2ccc(Cl)c(OC)c2F)nc2c1ncn2Cc1ccccc1.COc1c(Cl)ccc(-c2nc(C(=O)O)c3ncn(Cc4ccccc4)c3n2)c1F. The zero-order valence-corrected chi connectivity index (χ0v) is 32.7. The van der Waals surface area contributed by atoms with Crippen molar-refractivity contribution in [3.05, 3.63) is 142 Å². The predicted molar refractivity (Wildman–Crippen MR) is 214 cm³/mol. The predicted octanol–water partition coefficient (Wildman–Crippen LogP) is 8.17. The van der Waals surface area contributed by atoms with Crippen molar-refractivity contribution >= 4 is 57.5 Å². The zero-order chi connectivity index (χ0) is 41.8. The van der Waals surface area contributed by atoms with Gasteiger partial charge < -0.3 is 28.5 Å². The molecular formula is C41H30Cl2F2N8O6. The Hall–Kier alpha value is -7.04. The smallest absolute Gasteiger partial charge is 0.359 e. The maximum absolute atomic E-state index is 15.0. The van der Waals surface area contributed by atoms with Crippen molar-refractivity contribution in [2.24, 2.45) is 0 Å². The lowest BCUT2D eigenvalue weighted by Crippen LogP contribution is -2.09. The largest absolute Gasteiger partial charge is 0.492 e. The van der Waals surface area contributed by atoms with Gasteiger partial charge in [-0.05, 0) is 35.4 Å². The number of hydrogen-bond acceptors (Lipinski definition) is 11. The maximum Gasteiger partial charge on any atom is 0.359 e. The van der Waals surface area contributed by atoms with E-state index in [9.17, 15) is 23.5 Å². The van der Waals surface area contributed by atoms with Crippen molar-refractivity contribution in [1.82, 2.24) is 39.0 Å². The summed E-state index contributed by atoms with van der Waals surface area (Å²) in [6, 6.07) is 24.9. The van der Waals surface area contributed by atoms with E-state index >= 15 is 0 Å². The second-order valence-corrected chi connectivity index (χ2v) is 13.3. The van der Waals surface area contributed by atoms with Gasteiger partial charge in [0, 0.05) is 0 Å². The van der Waals surface area contributed by atoms with Gasteiger partial charge in [-0.15, -0.1) is 0 Å². The first-order valence-corrected chi connectivity index (χ1v) is 18.2. The molecule has 0 aliphatic carbocycles. The number of carbonyl (C=O) groups excluding carboxylic acids is 1. The van der Waals surface area contributed by atoms with Gasteiger partial charge in [-0.1, -0.05) is 83.9 Å². The van der Waals surface area contributed by atoms with Crippen molar-refractivity contribution in [3.63, 3.8) is 0 Å². The van der Waals surface area contributed by atoms with E-state index in [-0.39, 0.29) is 72.4 Å². The van der Waals surface area contributed by atoms with Gasteiger partial charge in [0.15, 0.2) is 57.5 Å². The van der Waals surface area contributed by atoms with Gasteiger partial charge in [0.2, 0.25) is 0 Å². The third-order valence-corrected chi connectivity index (χ3v) is 9.48. The quantitative estimate of drug-likeness (QED) is 0.131. The minimum absolute atomic E-state index is 0.00909. The molecule has 18 heteroatoms. The third-order valence-electron chi connectivity index (χ3n) is 8.89. The number of imidazole rings is 2. The van der Waals surface area contributed by atoms with E-state index < -0.39 is 23.6 Å². The van der Waals surface area contributed by atoms with Crippen LogP contribution < -0.4 is 9.47 Å². The summed E-state index contributed by atoms with van der Waals surface area (Å²) in [7, 11) is 3.84. The molecule has 298 valence electrons. The topological polar surface area (TPSA) is 169 Å². The van der Waals surface area contributed by atoms with E-state index in [4.69, 9.17) is 37.4 Å². The van der Waals surface area contributed by atoms with Crippen molar-refractivity contribution in [2.75, 3.05) is 21.3 Å². The molecule has 0 amide bonds. The molecule has 8 aromatic rings. The van der Waals surface area contributed by atoms with E-state index in [0.717, 1.165) is 11.1 Å². The van der Waals surface area contributed by atoms with Gasteiger partial charge in [0.1, 0.15) is 11.0 Å². The van der Waals surface area contributed by atoms with Crippen molar-refractivity contribution in [3.8, 4) is 34.3 Å². The highest BCUT2D eigenvalue weighted by molar-refractivity contribution is 6.32. The Labute approximate surface area is 343 Å². The highest BCUT2D eigenvalue weighted by Crippen LogP contribution is 2.36. The Balaban J connectivity index is 0.000000179. The number of aromatic nitrogens is 8. The molecule has 1 N–H and O–H groups in total. The van der Waals surface area contributed by atoms with E-state index in [0.29, 0.717) is 18.7 Å². The Kier molecular flexibility index (Phi) is 11.7. The average Bonchev–Trinajstić information content (AvgIpc) is 3.84. The summed E-state index contributed by atoms with van der Waals surface area (Å²) in [6.07, 6.45) is 3.04. The summed E-state index contributed by atoms with van der Waals surface area (Å²) in [4.78, 5) is 49.7. The molecule has 0 saturated carbocycles. The molecule has 14 nitrogen and oxygen atoms in total. The number of hydrogen-bond donors (Lipinski definition) is 1. The summed E-state index contributed by atoms with van der Waals surface area (Å²) in [6.45, 7) is 0.875. The molecule has 0 aliphatic rings. The van der Waals surface area contributed by atoms with E-state index in [1.807, 2.05) is 60.7 Å². The summed E-state index contributed by atoms with van der Waals surface area (Å²) in [5.74, 6) is -3.89. The molecule has 0 spiro atoms. The fourth-order valence-electron chi connectivity index (χ4n) is 6.09. The van der Waals surface area contributed by atoms with Crippen LogP contribution >= 0.6 is 23.2 Å². The molecule has 59 heavy (non-hydrogen) atoms. The molecule has 4 heterocycles. The van der Waals surface area contributed by atoms with Crippen LogP contribution in [0.5, 0.6) is 11.5 Å². The van der Waals surface area contributed by atoms with Crippen LogP contribution in [-0.2, 0) is 17.8 Å². The average molecular weight is 840 g/mol. The molecule has 0 radical (unpaired) electrons. The van der Waals surface area contributed by atoms with Crippen molar-refractivity contribution < 1.29 is 37.7 Å². The second kappa shape index (κ2) is 17.2. The Bertz CT molecular complexity index is 2860. The van der Waals surface area contributed by atoms with Crippen LogP contribution in [-0.4, -0.2) is 77.4 Å². The number of benzene rings is 4. The van der Waals surface area contributed by atoms with Crippen LogP contribution in [0.2, 0.25) is 10.0 Å². The number of halogens is 4. The summed E-state index contributed by atoms with van der Waals surface area (Å²) in [5.41, 5.74) is 2.67. The van der Waals surface area contributed by atoms with E-state index in [2.05, 4.69) is 29.9 Å². The molecule has 0 atom stereocenters. The summed E-state index contributed by atoms with van der Waals surface area (Å²) >= 11 is 11.9. The minimum atomic E-state index is -1.29. The van der Waals surface area contributed by atoms with Crippen LogP contribution in [0.15, 0.2) is 97.6 Å². The van der Waals surface area contributed by atoms with E-state index in [1.165, 1.54) is 51.9 Å². The van der Waals surface area contributed by atoms with Gasteiger partial charge in [0.05, 0.1) is 68.2 Å². The standard InChI is InChI=1S/C21H16ClFN4O3.C20H14ClFN4O3/c1-29-18-14(22)9-8-13(15(18)23)19-25-17(21(28)30-2)16-20(26-19)27(11-24-16)10-12-6-4-3-5-7-12;1-29-17-13(21)8-7-12(14(17)22)18-24-16(20(27)28)15-19(25-18)26(10-23-15)9-11-5-3-2-4-6-11/h3-9,11H,10H2,1-2H3;2-8,10H,9H2,1H3,(H,27,28). The first-order chi connectivity index (χ1) is 28.5. The third kappa shape index (κ3) is 8.08. The van der Waals surface area contributed by atoms with Crippen LogP contribution in [0.25, 0.3) is 45.1 Å². The van der Waals surface area contributed by atoms with Crippen LogP contribution in [0.3, 0.4) is 0 Å². The fraction of sp³-hybridized carbons (Fsp3) is 0.122. The zero-order valence-electron chi connectivity index (χ0n) is 31.2. The number of carboxylic acid groups (broad SMARTS) is 1. The highest BCUT2D eigenvalue weighted by Gasteiger charge is 2.25. The van der Waals surface area contributed by atoms with Gasteiger partial charge in [-0.2, -0.15) is 0 Å². The highest BCUT2D eigenvalue weighted by atomic mass is 35.5. The minimum Gasteiger partial charge on any atom is -0.492 e. The number of methoxy groups -OCH3 is 3. The second-order valence-electron chi connectivity index (χ2n) is 12.5. The van der Waals surface area contributed by atoms with Crippen LogP contribution in [0, 0.1) is 11.6 Å². The molecule has 0 unspecified atom stereocenters. The first kappa shape index (κ1) is 40.2. The lowest BCUT2D eigenvalue weighted by atomic mass is 10.1. The number of carbonyl (C=O) groups is 2. The molecule has 0 bridgehead atoms. The van der Waals surface area contributed by atoms with Crippen molar-refractivity contribution in [1.29, 1.82) is 0 Å². The summed E-state index contributed by atoms with van der Waals surface area (Å²) in [5, 5.41) is 9.79. The van der Waals surface area contributed by atoms with Gasteiger partial charge in [-0.25, -0.2) is 48.3 Å². The van der Waals surface area contributed by atoms with E-state index in [1.54, 1.807) is 15.5 Å². The van der Waals surface area contributed by atoms with Gasteiger partial charge in [-0.3, -0.25) is 0 Å². The van der Waals surface area contributed by atoms with Gasteiger partial charge in [0.25, 0.3) is 0 Å². The lowest BCUT2D eigenvalue weighted by Gasteiger charge is -2.10. The van der Waals surface area contributed by atoms with Gasteiger partial charge >= 0.3 is 11.9 Å². The molecule has 0 saturated heterocycles. The molecule has 8 rings (SSSR count). The van der Waals surface area contributed by atoms with Crippen molar-refractivity contribution in [2.45, 2.75) is 13.1 Å². The summed E-state index contributed by atoms with van der Waals surface area (Å²) < 4.78 is 48.2. The van der Waals surface area contributed by atoms with Crippen LogP contribution in [0.4, 0.5) is 8.78 Å². The fourth-order valence-corrected chi connectivity index (χ4v) is 6.54. The number of aromatic carboxylic acids is 1. The molecule has 0 fully saturated rings. The lowest BCUT2D eigenvalue weighted by molar-refractivity contribution is 0.0595. The van der Waals surface area contributed by atoms with Crippen LogP contribution in [0.1, 0.15) is 32.1 Å². The molecule has 4 aromatic carbocycles. The number of esters is 1. The molecule has 0 aliphatic heterocycles. The Morgan fingerprint density at radius 1 is 0.627 bits per heavy atom. The monoisotopic (exact) mass is 838 g/mol. The first-order valence-electron chi connectivity index (χ1n) is 17.4. The molecule has 4 aromatic heterocycles. The Morgan fingerprint density at radius 2 is 1.05 bits per heavy atom. The number of ether oxygens (including phenoxy) is 3. The maximum atomic E-state index is 15.0.